The van der Waals surface area contributed by atoms with Crippen LogP contribution in [0.1, 0.15) is 87.1 Å². The van der Waals surface area contributed by atoms with Crippen molar-refractivity contribution < 1.29 is 9.90 Å². The molecular weight excluding hydrogens is 332 g/mol. The first-order valence-corrected chi connectivity index (χ1v) is 8.57. The molecule has 0 aliphatic heterocycles. The first-order valence-electron chi connectivity index (χ1n) is 8.57. The zero-order valence-corrected chi connectivity index (χ0v) is 14.9. The third kappa shape index (κ3) is 12.3. The Morgan fingerprint density at radius 2 is 1.35 bits per heavy atom. The molecule has 0 aromatic heterocycles. The molecule has 0 unspecified atom stereocenters. The molecule has 0 fully saturated rings. The van der Waals surface area contributed by atoms with Crippen molar-refractivity contribution in [2.75, 3.05) is 0 Å². The number of carbonyl (C=O) groups is 1. The molecule has 1 N–H and O–H groups in total. The van der Waals surface area contributed by atoms with E-state index in [-0.39, 0.29) is 51.2 Å². The Morgan fingerprint density at radius 3 is 1.87 bits per heavy atom. The van der Waals surface area contributed by atoms with Gasteiger partial charge in [-0.05, 0) is 24.5 Å². The van der Waals surface area contributed by atoms with Crippen LogP contribution in [0.5, 0.6) is 0 Å². The molecule has 0 aliphatic rings. The van der Waals surface area contributed by atoms with Gasteiger partial charge in [-0.2, -0.15) is 13.5 Å². The van der Waals surface area contributed by atoms with Crippen LogP contribution in [0.2, 0.25) is 0 Å². The van der Waals surface area contributed by atoms with Gasteiger partial charge in [0.05, 0.1) is 5.56 Å². The van der Waals surface area contributed by atoms with Crippen LogP contribution in [0.15, 0.2) is 24.3 Å². The van der Waals surface area contributed by atoms with E-state index in [9.17, 15) is 4.79 Å². The number of aryl methyl sites for hydroxylation is 1. The summed E-state index contributed by atoms with van der Waals surface area (Å²) in [6.07, 6.45) is 14.0. The molecule has 23 heavy (non-hydrogen) atoms. The van der Waals surface area contributed by atoms with E-state index in [1.165, 1.54) is 57.8 Å². The Labute approximate surface area is 178 Å². The molecule has 0 spiro atoms. The van der Waals surface area contributed by atoms with Crippen molar-refractivity contribution in [3.05, 3.63) is 35.4 Å². The van der Waals surface area contributed by atoms with Gasteiger partial charge in [-0.25, -0.2) is 4.79 Å². The predicted molar refractivity (Wildman–Crippen MR) is 108 cm³/mol. The first-order chi connectivity index (χ1) is 10.3. The van der Waals surface area contributed by atoms with Crippen molar-refractivity contribution >= 4 is 57.2 Å². The van der Waals surface area contributed by atoms with Crippen LogP contribution < -0.4 is 0 Å². The summed E-state index contributed by atoms with van der Waals surface area (Å²) in [4.78, 5) is 11.1. The minimum atomic E-state index is -0.808. The fraction of sp³-hybridized carbons (Fsp3) is 0.632. The maximum absolute atomic E-state index is 11.1. The molecule has 2 nitrogen and oxygen atoms in total. The first kappa shape index (κ1) is 25.5. The molecule has 1 aromatic rings. The van der Waals surface area contributed by atoms with Crippen LogP contribution in [0.4, 0.5) is 0 Å². The zero-order chi connectivity index (χ0) is 15.3. The van der Waals surface area contributed by atoms with E-state index in [0.717, 1.165) is 18.4 Å². The van der Waals surface area contributed by atoms with Crippen molar-refractivity contribution in [2.24, 2.45) is 0 Å². The Hall–Kier alpha value is 0.300. The van der Waals surface area contributed by atoms with E-state index in [1.807, 2.05) is 12.1 Å². The molecule has 0 bridgehead atoms. The van der Waals surface area contributed by atoms with E-state index in [2.05, 4.69) is 6.92 Å². The summed E-state index contributed by atoms with van der Waals surface area (Å²) >= 11 is 0. The number of rotatable bonds is 12. The van der Waals surface area contributed by atoms with Crippen molar-refractivity contribution in [2.45, 2.75) is 77.6 Å². The minimum absolute atomic E-state index is 0. The summed E-state index contributed by atoms with van der Waals surface area (Å²) in [5.74, 6) is -0.808. The zero-order valence-electron chi connectivity index (χ0n) is 13.9. The van der Waals surface area contributed by atoms with Gasteiger partial charge in [0.25, 0.3) is 0 Å². The quantitative estimate of drug-likeness (QED) is 0.415. The van der Waals surface area contributed by atoms with Crippen molar-refractivity contribution in [3.63, 3.8) is 0 Å². The fourth-order valence-electron chi connectivity index (χ4n) is 2.75. The number of carboxylic acid groups (broad SMARTS) is 1. The molecular formula is C19H34CaO2S. The molecule has 0 radical (unpaired) electrons. The topological polar surface area (TPSA) is 37.3 Å². The Balaban J connectivity index is 0. The summed E-state index contributed by atoms with van der Waals surface area (Å²) < 4.78 is 0. The van der Waals surface area contributed by atoms with E-state index < -0.39 is 5.97 Å². The van der Waals surface area contributed by atoms with Gasteiger partial charge in [-0.15, -0.1) is 0 Å². The molecule has 0 aliphatic carbocycles. The molecule has 0 saturated carbocycles. The second-order valence-corrected chi connectivity index (χ2v) is 5.89. The number of hydrogen-bond donors (Lipinski definition) is 1. The third-order valence-electron chi connectivity index (χ3n) is 4.05. The van der Waals surface area contributed by atoms with Gasteiger partial charge in [0, 0.05) is 0 Å². The summed E-state index contributed by atoms with van der Waals surface area (Å²) in [5.41, 5.74) is 1.44. The average molecular weight is 367 g/mol. The van der Waals surface area contributed by atoms with Gasteiger partial charge in [-0.3, -0.25) is 0 Å². The molecule has 4 heteroatoms. The number of benzene rings is 1. The Morgan fingerprint density at radius 1 is 0.870 bits per heavy atom. The molecule has 1 aromatic carbocycles. The van der Waals surface area contributed by atoms with Gasteiger partial charge < -0.3 is 5.11 Å². The monoisotopic (exact) mass is 366 g/mol. The third-order valence-corrected chi connectivity index (χ3v) is 4.05. The summed E-state index contributed by atoms with van der Waals surface area (Å²) in [7, 11) is 0. The van der Waals surface area contributed by atoms with Crippen LogP contribution >= 0.6 is 13.5 Å². The number of aromatic carboxylic acids is 1. The van der Waals surface area contributed by atoms with E-state index in [4.69, 9.17) is 5.11 Å². The molecule has 0 atom stereocenters. The number of unbranched alkanes of at least 4 members (excludes halogenated alkanes) is 9. The van der Waals surface area contributed by atoms with Gasteiger partial charge in [0.15, 0.2) is 0 Å². The van der Waals surface area contributed by atoms with Crippen molar-refractivity contribution in [1.29, 1.82) is 0 Å². The SMILES string of the molecule is CCCCCCCCCCCCc1ccccc1C(=O)O.S.[CaH2]. The number of carboxylic acids is 1. The second kappa shape index (κ2) is 17.1. The number of hydrogen-bond acceptors (Lipinski definition) is 1. The summed E-state index contributed by atoms with van der Waals surface area (Å²) in [5, 5.41) is 9.13. The molecule has 1 rings (SSSR count). The second-order valence-electron chi connectivity index (χ2n) is 5.89. The molecule has 0 saturated heterocycles. The van der Waals surface area contributed by atoms with Crippen LogP contribution in [0.25, 0.3) is 0 Å². The summed E-state index contributed by atoms with van der Waals surface area (Å²) in [6, 6.07) is 7.37. The maximum atomic E-state index is 11.1. The van der Waals surface area contributed by atoms with Crippen molar-refractivity contribution in [1.82, 2.24) is 0 Å². The van der Waals surface area contributed by atoms with Gasteiger partial charge in [0.2, 0.25) is 0 Å². The van der Waals surface area contributed by atoms with Crippen molar-refractivity contribution in [3.8, 4) is 0 Å². The summed E-state index contributed by atoms with van der Waals surface area (Å²) in [6.45, 7) is 2.25. The fourth-order valence-corrected chi connectivity index (χ4v) is 2.75. The van der Waals surface area contributed by atoms with Crippen LogP contribution in [-0.2, 0) is 6.42 Å². The van der Waals surface area contributed by atoms with Gasteiger partial charge in [0.1, 0.15) is 0 Å². The average Bonchev–Trinajstić information content (AvgIpc) is 2.49. The molecule has 130 valence electrons. The van der Waals surface area contributed by atoms with Crippen LogP contribution in [0.3, 0.4) is 0 Å². The van der Waals surface area contributed by atoms with Crippen LogP contribution in [0, 0.1) is 0 Å². The molecule has 0 heterocycles. The van der Waals surface area contributed by atoms with Gasteiger partial charge >= 0.3 is 43.7 Å². The standard InChI is InChI=1S/C19H30O2.Ca.H2S.2H/c1-2-3-4-5-6-7-8-9-10-11-14-17-15-12-13-16-18(17)19(20)21;;;;/h12-13,15-16H,2-11,14H2,1H3,(H,20,21);;1H2;;. The van der Waals surface area contributed by atoms with E-state index >= 15 is 0 Å². The van der Waals surface area contributed by atoms with Crippen LogP contribution in [-0.4, -0.2) is 48.8 Å². The Kier molecular flexibility index (Phi) is 19.0. The normalized spacial score (nSPS) is 9.78. The van der Waals surface area contributed by atoms with E-state index in [0.29, 0.717) is 5.56 Å². The van der Waals surface area contributed by atoms with E-state index in [1.54, 1.807) is 12.1 Å². The molecule has 0 amide bonds. The Bertz CT molecular complexity index is 410. The van der Waals surface area contributed by atoms with Gasteiger partial charge in [-0.1, -0.05) is 82.9 Å². The predicted octanol–water partition coefficient (Wildman–Crippen LogP) is 5.04.